The highest BCUT2D eigenvalue weighted by atomic mass is 19.4. The van der Waals surface area contributed by atoms with Crippen LogP contribution in [0.2, 0.25) is 0 Å². The van der Waals surface area contributed by atoms with Gasteiger partial charge < -0.3 is 9.84 Å². The number of halogens is 3. The summed E-state index contributed by atoms with van der Waals surface area (Å²) < 4.78 is 43.1. The fourth-order valence-electron chi connectivity index (χ4n) is 2.40. The number of hydrogen-bond donors (Lipinski definition) is 1. The number of carbonyl (C=O) groups excluding carboxylic acids is 1. The lowest BCUT2D eigenvalue weighted by Gasteiger charge is -2.08. The van der Waals surface area contributed by atoms with Crippen LogP contribution < -0.4 is 5.32 Å². The van der Waals surface area contributed by atoms with Crippen molar-refractivity contribution in [3.8, 4) is 22.8 Å². The van der Waals surface area contributed by atoms with Crippen molar-refractivity contribution in [2.24, 2.45) is 0 Å². The van der Waals surface area contributed by atoms with Crippen LogP contribution in [0.1, 0.15) is 29.8 Å². The van der Waals surface area contributed by atoms with E-state index in [0.717, 1.165) is 12.1 Å². The second kappa shape index (κ2) is 7.22. The van der Waals surface area contributed by atoms with E-state index in [4.69, 9.17) is 4.52 Å². The molecule has 0 fully saturated rings. The number of nitrogens with zero attached hydrogens (tertiary/aromatic N) is 2. The molecule has 0 saturated heterocycles. The molecule has 0 saturated carbocycles. The molecule has 5 nitrogen and oxygen atoms in total. The first-order chi connectivity index (χ1) is 12.7. The van der Waals surface area contributed by atoms with Gasteiger partial charge in [0.1, 0.15) is 0 Å². The highest BCUT2D eigenvalue weighted by Gasteiger charge is 2.30. The van der Waals surface area contributed by atoms with Crippen LogP contribution >= 0.6 is 0 Å². The van der Waals surface area contributed by atoms with E-state index in [1.807, 2.05) is 13.8 Å². The summed E-state index contributed by atoms with van der Waals surface area (Å²) >= 11 is 0. The standard InChI is InChI=1S/C19H16F3N3O2/c1-11(2)23-17(26)14-5-3-4-13(10-14)16-24-18(27-25-16)12-6-8-15(9-7-12)19(20,21)22/h3-11H,1-2H3,(H,23,26). The summed E-state index contributed by atoms with van der Waals surface area (Å²) in [5.41, 5.74) is 0.626. The fraction of sp³-hybridized carbons (Fsp3) is 0.211. The maximum absolute atomic E-state index is 12.6. The first-order valence-corrected chi connectivity index (χ1v) is 8.16. The van der Waals surface area contributed by atoms with E-state index in [9.17, 15) is 18.0 Å². The SMILES string of the molecule is CC(C)NC(=O)c1cccc(-c2noc(-c3ccc(C(F)(F)F)cc3)n2)c1. The van der Waals surface area contributed by atoms with E-state index in [2.05, 4.69) is 15.5 Å². The summed E-state index contributed by atoms with van der Waals surface area (Å²) in [7, 11) is 0. The molecule has 3 rings (SSSR count). The average Bonchev–Trinajstić information content (AvgIpc) is 3.11. The van der Waals surface area contributed by atoms with Gasteiger partial charge in [0.25, 0.3) is 11.8 Å². The van der Waals surface area contributed by atoms with Crippen molar-refractivity contribution in [1.82, 2.24) is 15.5 Å². The molecule has 1 N–H and O–H groups in total. The second-order valence-corrected chi connectivity index (χ2v) is 6.21. The van der Waals surface area contributed by atoms with Gasteiger partial charge >= 0.3 is 6.18 Å². The van der Waals surface area contributed by atoms with Crippen LogP contribution in [0.5, 0.6) is 0 Å². The van der Waals surface area contributed by atoms with E-state index in [1.165, 1.54) is 12.1 Å². The Morgan fingerprint density at radius 2 is 1.78 bits per heavy atom. The van der Waals surface area contributed by atoms with Crippen molar-refractivity contribution in [3.63, 3.8) is 0 Å². The van der Waals surface area contributed by atoms with Gasteiger partial charge in [-0.25, -0.2) is 0 Å². The van der Waals surface area contributed by atoms with Crippen LogP contribution in [-0.2, 0) is 6.18 Å². The zero-order chi connectivity index (χ0) is 19.6. The van der Waals surface area contributed by atoms with Crippen LogP contribution in [0.15, 0.2) is 53.1 Å². The average molecular weight is 375 g/mol. The van der Waals surface area contributed by atoms with Crippen molar-refractivity contribution in [3.05, 3.63) is 59.7 Å². The lowest BCUT2D eigenvalue weighted by molar-refractivity contribution is -0.137. The first kappa shape index (κ1) is 18.6. The molecule has 1 amide bonds. The third-order valence-electron chi connectivity index (χ3n) is 3.69. The Labute approximate surface area is 153 Å². The Morgan fingerprint density at radius 1 is 1.07 bits per heavy atom. The zero-order valence-corrected chi connectivity index (χ0v) is 14.5. The number of carbonyl (C=O) groups is 1. The summed E-state index contributed by atoms with van der Waals surface area (Å²) in [5, 5.41) is 6.65. The molecule has 0 aliphatic heterocycles. The van der Waals surface area contributed by atoms with Crippen LogP contribution in [0.3, 0.4) is 0 Å². The number of hydrogen-bond acceptors (Lipinski definition) is 4. The molecular weight excluding hydrogens is 359 g/mol. The fourth-order valence-corrected chi connectivity index (χ4v) is 2.40. The molecule has 0 radical (unpaired) electrons. The number of nitrogens with one attached hydrogen (secondary N) is 1. The van der Waals surface area contributed by atoms with E-state index >= 15 is 0 Å². The Bertz CT molecular complexity index is 947. The first-order valence-electron chi connectivity index (χ1n) is 8.16. The van der Waals surface area contributed by atoms with Gasteiger partial charge in [0.15, 0.2) is 0 Å². The monoisotopic (exact) mass is 375 g/mol. The molecular formula is C19H16F3N3O2. The molecule has 27 heavy (non-hydrogen) atoms. The minimum Gasteiger partial charge on any atom is -0.350 e. The van der Waals surface area contributed by atoms with Gasteiger partial charge in [-0.2, -0.15) is 18.2 Å². The van der Waals surface area contributed by atoms with Crippen molar-refractivity contribution < 1.29 is 22.5 Å². The van der Waals surface area contributed by atoms with Gasteiger partial charge in [0.05, 0.1) is 5.56 Å². The Morgan fingerprint density at radius 3 is 2.41 bits per heavy atom. The highest BCUT2D eigenvalue weighted by molar-refractivity contribution is 5.95. The molecule has 8 heteroatoms. The largest absolute Gasteiger partial charge is 0.416 e. The Kier molecular flexibility index (Phi) is 4.98. The van der Waals surface area contributed by atoms with Gasteiger partial charge in [-0.15, -0.1) is 0 Å². The summed E-state index contributed by atoms with van der Waals surface area (Å²) in [5.74, 6) is 0.109. The van der Waals surface area contributed by atoms with Gasteiger partial charge in [-0.3, -0.25) is 4.79 Å². The smallest absolute Gasteiger partial charge is 0.350 e. The Balaban J connectivity index is 1.85. The van der Waals surface area contributed by atoms with Crippen LogP contribution in [0, 0.1) is 0 Å². The topological polar surface area (TPSA) is 68.0 Å². The molecule has 0 aliphatic rings. The number of rotatable bonds is 4. The van der Waals surface area contributed by atoms with Crippen molar-refractivity contribution in [2.75, 3.05) is 0 Å². The van der Waals surface area contributed by atoms with Crippen LogP contribution in [0.25, 0.3) is 22.8 Å². The molecule has 0 unspecified atom stereocenters. The minimum absolute atomic E-state index is 0.00222. The summed E-state index contributed by atoms with van der Waals surface area (Å²) in [4.78, 5) is 16.3. The predicted molar refractivity (Wildman–Crippen MR) is 92.8 cm³/mol. The van der Waals surface area contributed by atoms with Gasteiger partial charge in [0, 0.05) is 22.7 Å². The minimum atomic E-state index is -4.41. The molecule has 0 atom stereocenters. The van der Waals surface area contributed by atoms with Gasteiger partial charge in [-0.05, 0) is 50.2 Å². The van der Waals surface area contributed by atoms with Crippen molar-refractivity contribution in [1.29, 1.82) is 0 Å². The second-order valence-electron chi connectivity index (χ2n) is 6.21. The number of amides is 1. The van der Waals surface area contributed by atoms with Gasteiger partial charge in [0.2, 0.25) is 5.82 Å². The van der Waals surface area contributed by atoms with E-state index in [1.54, 1.807) is 24.3 Å². The van der Waals surface area contributed by atoms with Crippen LogP contribution in [0.4, 0.5) is 13.2 Å². The highest BCUT2D eigenvalue weighted by Crippen LogP contribution is 2.31. The van der Waals surface area contributed by atoms with Crippen molar-refractivity contribution in [2.45, 2.75) is 26.1 Å². The van der Waals surface area contributed by atoms with Crippen molar-refractivity contribution >= 4 is 5.91 Å². The summed E-state index contributed by atoms with van der Waals surface area (Å²) in [6.45, 7) is 3.72. The zero-order valence-electron chi connectivity index (χ0n) is 14.5. The molecule has 0 spiro atoms. The summed E-state index contributed by atoms with van der Waals surface area (Å²) in [6, 6.07) is 11.1. The maximum atomic E-state index is 12.6. The molecule has 1 heterocycles. The lowest BCUT2D eigenvalue weighted by Crippen LogP contribution is -2.30. The van der Waals surface area contributed by atoms with E-state index in [-0.39, 0.29) is 23.7 Å². The molecule has 140 valence electrons. The van der Waals surface area contributed by atoms with E-state index < -0.39 is 11.7 Å². The number of benzene rings is 2. The molecule has 0 bridgehead atoms. The Hall–Kier alpha value is -3.16. The lowest BCUT2D eigenvalue weighted by atomic mass is 10.1. The summed E-state index contributed by atoms with van der Waals surface area (Å²) in [6.07, 6.45) is -4.41. The molecule has 2 aromatic carbocycles. The van der Waals surface area contributed by atoms with Crippen LogP contribution in [-0.4, -0.2) is 22.1 Å². The normalized spacial score (nSPS) is 11.6. The quantitative estimate of drug-likeness (QED) is 0.726. The van der Waals surface area contributed by atoms with Gasteiger partial charge in [-0.1, -0.05) is 17.3 Å². The number of aromatic nitrogens is 2. The third kappa shape index (κ3) is 4.33. The third-order valence-corrected chi connectivity index (χ3v) is 3.69. The maximum Gasteiger partial charge on any atom is 0.416 e. The molecule has 3 aromatic rings. The van der Waals surface area contributed by atoms with E-state index in [0.29, 0.717) is 16.7 Å². The number of alkyl halides is 3. The predicted octanol–water partition coefficient (Wildman–Crippen LogP) is 4.56. The molecule has 1 aromatic heterocycles. The molecule has 0 aliphatic carbocycles.